The van der Waals surface area contributed by atoms with Crippen LogP contribution in [0.1, 0.15) is 49.7 Å². The lowest BCUT2D eigenvalue weighted by Gasteiger charge is -2.55. The molecular weight excluding hydrogens is 620 g/mol. The number of benzene rings is 2. The van der Waals surface area contributed by atoms with Crippen molar-refractivity contribution in [3.05, 3.63) is 61.9 Å². The summed E-state index contributed by atoms with van der Waals surface area (Å²) in [4.78, 5) is 27.3. The molecule has 1 heterocycles. The molecule has 4 aliphatic carbocycles. The second kappa shape index (κ2) is 10.7. The van der Waals surface area contributed by atoms with E-state index in [1.807, 2.05) is 30.3 Å². The van der Waals surface area contributed by atoms with Gasteiger partial charge in [0.2, 0.25) is 5.91 Å². The zero-order chi connectivity index (χ0) is 27.3. The van der Waals surface area contributed by atoms with Gasteiger partial charge in [0, 0.05) is 10.6 Å². The van der Waals surface area contributed by atoms with Crippen LogP contribution in [0.15, 0.2) is 45.8 Å². The fraction of sp³-hybridized carbons (Fsp3) is 0.414. The molecule has 2 aromatic carbocycles. The lowest BCUT2D eigenvalue weighted by Crippen LogP contribution is -2.57. The summed E-state index contributed by atoms with van der Waals surface area (Å²) in [5, 5.41) is 1.88. The molecule has 0 unspecified atom stereocenters. The Kier molecular flexibility index (Phi) is 7.46. The average Bonchev–Trinajstić information content (AvgIpc) is 3.15. The zero-order valence-electron chi connectivity index (χ0n) is 21.4. The van der Waals surface area contributed by atoms with Gasteiger partial charge in [-0.3, -0.25) is 15.0 Å². The summed E-state index contributed by atoms with van der Waals surface area (Å²) < 4.78 is 12.6. The third-order valence-corrected chi connectivity index (χ3v) is 10.7. The van der Waals surface area contributed by atoms with Crippen molar-refractivity contribution < 1.29 is 19.1 Å². The van der Waals surface area contributed by atoms with E-state index in [0.717, 1.165) is 30.4 Å². The van der Waals surface area contributed by atoms with Crippen molar-refractivity contribution in [2.75, 3.05) is 7.11 Å². The first-order valence-electron chi connectivity index (χ1n) is 13.1. The molecule has 2 amide bonds. The first kappa shape index (κ1) is 27.1. The molecule has 0 radical (unpaired) electrons. The van der Waals surface area contributed by atoms with Crippen LogP contribution in [-0.4, -0.2) is 28.3 Å². The number of methoxy groups -OCH3 is 1. The number of thiocarbonyl (C=S) groups is 1. The number of carbonyl (C=O) groups excluding carboxylic acids is 2. The predicted octanol–water partition coefficient (Wildman–Crippen LogP) is 7.14. The third-order valence-electron chi connectivity index (χ3n) is 8.41. The van der Waals surface area contributed by atoms with Crippen LogP contribution in [0, 0.1) is 23.2 Å². The highest BCUT2D eigenvalue weighted by Crippen LogP contribution is 2.60. The number of carbonyl (C=O) groups is 2. The van der Waals surface area contributed by atoms with Crippen LogP contribution in [0.2, 0.25) is 5.02 Å². The summed E-state index contributed by atoms with van der Waals surface area (Å²) in [5.41, 5.74) is 4.14. The Labute approximate surface area is 250 Å². The molecule has 1 saturated heterocycles. The van der Waals surface area contributed by atoms with Crippen LogP contribution >= 0.6 is 51.5 Å². The highest BCUT2D eigenvalue weighted by Gasteiger charge is 2.55. The molecule has 4 saturated carbocycles. The molecule has 0 spiro atoms. The maximum atomic E-state index is 13.5. The Morgan fingerprint density at radius 1 is 1.21 bits per heavy atom. The van der Waals surface area contributed by atoms with Crippen LogP contribution < -0.4 is 14.9 Å². The molecule has 4 bridgehead atoms. The van der Waals surface area contributed by atoms with Gasteiger partial charge in [-0.15, -0.1) is 0 Å². The van der Waals surface area contributed by atoms with Gasteiger partial charge in [0.1, 0.15) is 6.61 Å². The molecule has 6 nitrogen and oxygen atoms in total. The van der Waals surface area contributed by atoms with Gasteiger partial charge in [0.15, 0.2) is 15.8 Å². The molecule has 5 aliphatic rings. The number of nitrogens with one attached hydrogen (secondary N) is 1. The highest BCUT2D eigenvalue weighted by atomic mass is 79.9. The van der Waals surface area contributed by atoms with E-state index in [1.165, 1.54) is 36.0 Å². The second-order valence-electron chi connectivity index (χ2n) is 11.1. The van der Waals surface area contributed by atoms with Gasteiger partial charge in [-0.05, 0) is 114 Å². The lowest BCUT2D eigenvalue weighted by atomic mass is 9.49. The van der Waals surface area contributed by atoms with Gasteiger partial charge >= 0.3 is 0 Å². The van der Waals surface area contributed by atoms with Gasteiger partial charge in [-0.2, -0.15) is 5.01 Å². The van der Waals surface area contributed by atoms with Gasteiger partial charge in [0.05, 0.1) is 21.9 Å². The van der Waals surface area contributed by atoms with Gasteiger partial charge in [0.25, 0.3) is 5.91 Å². The normalized spacial score (nSPS) is 28.3. The fourth-order valence-electron chi connectivity index (χ4n) is 7.05. The summed E-state index contributed by atoms with van der Waals surface area (Å²) in [5.74, 6) is 2.58. The standard InChI is InChI=1S/C29H28BrClN2O4S2/c1-36-23-10-16(9-21(30)25(23)37-15-20-4-2-3-5-22(20)31)11-24-26(34)33(28(38)39-24)32-27(35)29-12-17-6-18(13-29)8-19(7-17)14-29/h2-5,9-11,17-19H,6-8,12-15H2,1H3,(H,32,35)/b24-11+. The maximum absolute atomic E-state index is 13.5. The minimum Gasteiger partial charge on any atom is -0.493 e. The van der Waals surface area contributed by atoms with E-state index in [0.29, 0.717) is 48.0 Å². The molecular formula is C29H28BrClN2O4S2. The highest BCUT2D eigenvalue weighted by molar-refractivity contribution is 9.10. The van der Waals surface area contributed by atoms with Crippen molar-refractivity contribution in [3.8, 4) is 11.5 Å². The van der Waals surface area contributed by atoms with E-state index in [9.17, 15) is 9.59 Å². The quantitative estimate of drug-likeness (QED) is 0.255. The molecule has 39 heavy (non-hydrogen) atoms. The maximum Gasteiger partial charge on any atom is 0.285 e. The number of thioether (sulfide) groups is 1. The SMILES string of the molecule is COc1cc(/C=C2/SC(=S)N(NC(=O)C34CC5CC(CC(C5)C3)C4)C2=O)cc(Br)c1OCc1ccccc1Cl. The van der Waals surface area contributed by atoms with Gasteiger partial charge in [-0.1, -0.05) is 41.6 Å². The number of nitrogens with zero attached hydrogens (tertiary/aromatic N) is 1. The van der Waals surface area contributed by atoms with Crippen molar-refractivity contribution in [3.63, 3.8) is 0 Å². The van der Waals surface area contributed by atoms with Crippen LogP contribution in [0.3, 0.4) is 0 Å². The zero-order valence-corrected chi connectivity index (χ0v) is 25.4. The average molecular weight is 648 g/mol. The minimum atomic E-state index is -0.361. The number of hydrogen-bond donors (Lipinski definition) is 1. The summed E-state index contributed by atoms with van der Waals surface area (Å²) in [6.07, 6.45) is 8.27. The van der Waals surface area contributed by atoms with E-state index in [-0.39, 0.29) is 23.8 Å². The van der Waals surface area contributed by atoms with E-state index < -0.39 is 0 Å². The molecule has 1 aliphatic heterocycles. The van der Waals surface area contributed by atoms with Crippen LogP contribution in [0.25, 0.3) is 6.08 Å². The predicted molar refractivity (Wildman–Crippen MR) is 160 cm³/mol. The van der Waals surface area contributed by atoms with Gasteiger partial charge in [-0.25, -0.2) is 0 Å². The molecule has 0 aromatic heterocycles. The van der Waals surface area contributed by atoms with E-state index in [1.54, 1.807) is 19.3 Å². The molecule has 5 fully saturated rings. The Morgan fingerprint density at radius 3 is 2.51 bits per heavy atom. The molecule has 2 aromatic rings. The number of ether oxygens (including phenoxy) is 2. The van der Waals surface area contributed by atoms with Crippen LogP contribution in [0.5, 0.6) is 11.5 Å². The number of halogens is 2. The summed E-state index contributed by atoms with van der Waals surface area (Å²) >= 11 is 16.5. The summed E-state index contributed by atoms with van der Waals surface area (Å²) in [6, 6.07) is 11.1. The Morgan fingerprint density at radius 2 is 1.87 bits per heavy atom. The third kappa shape index (κ3) is 5.23. The van der Waals surface area contributed by atoms with Crippen LogP contribution in [-0.2, 0) is 16.2 Å². The van der Waals surface area contributed by atoms with E-state index in [4.69, 9.17) is 33.3 Å². The first-order chi connectivity index (χ1) is 18.7. The van der Waals surface area contributed by atoms with Crippen LogP contribution in [0.4, 0.5) is 0 Å². The Balaban J connectivity index is 1.17. The minimum absolute atomic E-state index is 0.0522. The second-order valence-corrected chi connectivity index (χ2v) is 14.0. The van der Waals surface area contributed by atoms with Crippen molar-refractivity contribution in [1.82, 2.24) is 10.4 Å². The fourth-order valence-corrected chi connectivity index (χ4v) is 9.00. The lowest BCUT2D eigenvalue weighted by molar-refractivity contribution is -0.152. The van der Waals surface area contributed by atoms with E-state index >= 15 is 0 Å². The summed E-state index contributed by atoms with van der Waals surface area (Å²) in [6.45, 7) is 0.274. The Hall–Kier alpha value is -2.07. The molecule has 0 atom stereocenters. The van der Waals surface area contributed by atoms with Crippen molar-refractivity contribution in [1.29, 1.82) is 0 Å². The monoisotopic (exact) mass is 646 g/mol. The molecule has 7 rings (SSSR count). The smallest absolute Gasteiger partial charge is 0.285 e. The summed E-state index contributed by atoms with van der Waals surface area (Å²) in [7, 11) is 1.56. The number of hydrazine groups is 1. The number of hydrogen-bond acceptors (Lipinski definition) is 6. The largest absolute Gasteiger partial charge is 0.493 e. The van der Waals surface area contributed by atoms with Crippen molar-refractivity contribution in [2.45, 2.75) is 45.1 Å². The molecule has 10 heteroatoms. The van der Waals surface area contributed by atoms with Crippen molar-refractivity contribution in [2.24, 2.45) is 23.2 Å². The van der Waals surface area contributed by atoms with Crippen molar-refractivity contribution >= 4 is 73.7 Å². The molecule has 204 valence electrons. The first-order valence-corrected chi connectivity index (χ1v) is 15.5. The Bertz CT molecular complexity index is 1360. The number of rotatable bonds is 7. The van der Waals surface area contributed by atoms with Gasteiger partial charge < -0.3 is 9.47 Å². The molecule has 1 N–H and O–H groups in total. The van der Waals surface area contributed by atoms with E-state index in [2.05, 4.69) is 21.4 Å². The topological polar surface area (TPSA) is 67.9 Å². The number of amides is 2.